The van der Waals surface area contributed by atoms with E-state index in [1.807, 2.05) is 23.5 Å². The Hall–Kier alpha value is -2.30. The van der Waals surface area contributed by atoms with E-state index in [4.69, 9.17) is 32.7 Å². The zero-order valence-corrected chi connectivity index (χ0v) is 19.9. The highest BCUT2D eigenvalue weighted by molar-refractivity contribution is 7.89. The quantitative estimate of drug-likeness (QED) is 0.585. The van der Waals surface area contributed by atoms with Crippen LogP contribution in [0.5, 0.6) is 11.6 Å². The number of amides is 1. The van der Waals surface area contributed by atoms with Crippen LogP contribution in [-0.2, 0) is 10.0 Å². The number of carbonyl (C=O) groups excluding carboxylic acids is 1. The molecule has 0 unspecified atom stereocenters. The average Bonchev–Trinajstić information content (AvgIpc) is 2.64. The summed E-state index contributed by atoms with van der Waals surface area (Å²) in [4.78, 5) is 18.5. The molecule has 32 heavy (non-hydrogen) atoms. The van der Waals surface area contributed by atoms with Crippen LogP contribution in [-0.4, -0.2) is 51.4 Å². The second-order valence-electron chi connectivity index (χ2n) is 7.80. The van der Waals surface area contributed by atoms with Crippen molar-refractivity contribution in [2.75, 3.05) is 30.9 Å². The van der Waals surface area contributed by atoms with Crippen molar-refractivity contribution in [3.8, 4) is 11.6 Å². The van der Waals surface area contributed by atoms with E-state index >= 15 is 0 Å². The second-order valence-corrected chi connectivity index (χ2v) is 10.4. The molecule has 1 aromatic carbocycles. The van der Waals surface area contributed by atoms with E-state index in [-0.39, 0.29) is 22.4 Å². The van der Waals surface area contributed by atoms with Crippen LogP contribution in [0.25, 0.3) is 0 Å². The number of ether oxygens (including phenoxy) is 2. The van der Waals surface area contributed by atoms with Gasteiger partial charge in [-0.25, -0.2) is 22.5 Å². The zero-order valence-electron chi connectivity index (χ0n) is 17.6. The first-order chi connectivity index (χ1) is 14.9. The van der Waals surface area contributed by atoms with Gasteiger partial charge in [-0.1, -0.05) is 37.0 Å². The van der Waals surface area contributed by atoms with Crippen molar-refractivity contribution >= 4 is 44.8 Å². The number of halogens is 3. The lowest BCUT2D eigenvalue weighted by Gasteiger charge is -2.40. The Bertz CT molecular complexity index is 1120. The molecule has 12 heteroatoms. The molecule has 174 valence electrons. The van der Waals surface area contributed by atoms with Gasteiger partial charge in [0.25, 0.3) is 5.91 Å². The van der Waals surface area contributed by atoms with Gasteiger partial charge in [-0.05, 0) is 18.1 Å². The van der Waals surface area contributed by atoms with E-state index in [0.717, 1.165) is 24.1 Å². The molecule has 0 atom stereocenters. The van der Waals surface area contributed by atoms with Crippen LogP contribution >= 0.6 is 23.2 Å². The summed E-state index contributed by atoms with van der Waals surface area (Å²) in [5.41, 5.74) is 0.570. The van der Waals surface area contributed by atoms with Gasteiger partial charge in [0, 0.05) is 6.07 Å². The Kier molecular flexibility index (Phi) is 7.36. The van der Waals surface area contributed by atoms with Crippen molar-refractivity contribution < 1.29 is 27.1 Å². The van der Waals surface area contributed by atoms with Gasteiger partial charge >= 0.3 is 0 Å². The van der Waals surface area contributed by atoms with Crippen molar-refractivity contribution in [2.24, 2.45) is 5.92 Å². The van der Waals surface area contributed by atoms with Crippen molar-refractivity contribution in [3.63, 3.8) is 0 Å². The third-order valence-electron chi connectivity index (χ3n) is 4.40. The summed E-state index contributed by atoms with van der Waals surface area (Å²) >= 11 is 12.0. The van der Waals surface area contributed by atoms with Crippen LogP contribution in [0.2, 0.25) is 10.0 Å². The van der Waals surface area contributed by atoms with Gasteiger partial charge in [0.2, 0.25) is 15.9 Å². The van der Waals surface area contributed by atoms with Gasteiger partial charge in [-0.2, -0.15) is 0 Å². The van der Waals surface area contributed by atoms with E-state index in [1.54, 1.807) is 12.3 Å². The number of nitrogens with one attached hydrogen (secondary N) is 1. The number of carbonyl (C=O) groups is 1. The fourth-order valence-corrected chi connectivity index (χ4v) is 3.70. The summed E-state index contributed by atoms with van der Waals surface area (Å²) in [6.07, 6.45) is 2.08. The predicted octanol–water partition coefficient (Wildman–Crippen LogP) is 3.52. The second kappa shape index (κ2) is 9.68. The third-order valence-corrected chi connectivity index (χ3v) is 5.52. The molecule has 1 fully saturated rings. The number of benzene rings is 1. The van der Waals surface area contributed by atoms with E-state index < -0.39 is 21.7 Å². The summed E-state index contributed by atoms with van der Waals surface area (Å²) < 4.78 is 49.9. The number of rotatable bonds is 8. The maximum absolute atomic E-state index is 14.0. The first-order valence-electron chi connectivity index (χ1n) is 9.64. The lowest BCUT2D eigenvalue weighted by atomic mass is 10.1. The molecule has 0 radical (unpaired) electrons. The number of anilines is 1. The molecular formula is C20H22Cl2FN3O5S. The highest BCUT2D eigenvalue weighted by atomic mass is 35.5. The molecule has 0 spiro atoms. The van der Waals surface area contributed by atoms with Gasteiger partial charge in [0.1, 0.15) is 22.7 Å². The molecule has 1 aliphatic heterocycles. The summed E-state index contributed by atoms with van der Waals surface area (Å²) in [6, 6.07) is 3.72. The minimum absolute atomic E-state index is 0.105. The molecule has 1 aromatic heterocycles. The van der Waals surface area contributed by atoms with Gasteiger partial charge in [-0.15, -0.1) is 0 Å². The Labute approximate surface area is 195 Å². The number of sulfonamides is 1. The molecule has 0 aliphatic carbocycles. The lowest BCUT2D eigenvalue weighted by molar-refractivity contribution is 0.0971. The number of aromatic nitrogens is 1. The van der Waals surface area contributed by atoms with E-state index in [2.05, 4.69) is 4.98 Å². The molecule has 1 N–H and O–H groups in total. The van der Waals surface area contributed by atoms with Crippen LogP contribution in [0.4, 0.5) is 10.1 Å². The van der Waals surface area contributed by atoms with Crippen molar-refractivity contribution in [2.45, 2.75) is 20.0 Å². The molecule has 8 nitrogen and oxygen atoms in total. The van der Waals surface area contributed by atoms with Crippen molar-refractivity contribution in [1.29, 1.82) is 0 Å². The first-order valence-corrected chi connectivity index (χ1v) is 12.3. The minimum atomic E-state index is -3.82. The zero-order chi connectivity index (χ0) is 23.6. The van der Waals surface area contributed by atoms with Crippen molar-refractivity contribution in [3.05, 3.63) is 45.8 Å². The lowest BCUT2D eigenvalue weighted by Crippen LogP contribution is -2.54. The summed E-state index contributed by atoms with van der Waals surface area (Å²) in [5.74, 6) is -1.17. The Morgan fingerprint density at radius 3 is 2.56 bits per heavy atom. The van der Waals surface area contributed by atoms with Crippen LogP contribution in [0.15, 0.2) is 24.4 Å². The fraction of sp³-hybridized carbons (Fsp3) is 0.400. The van der Waals surface area contributed by atoms with E-state index in [9.17, 15) is 17.6 Å². The maximum Gasteiger partial charge on any atom is 0.268 e. The SMILES string of the molecule is CC(C)COc1ncc(N2CC(Oc3cc(F)c(Cl)cc3C(=O)NS(C)(=O)=O)C2)cc1Cl. The molecule has 2 aromatic rings. The monoisotopic (exact) mass is 505 g/mol. The van der Waals surface area contributed by atoms with Gasteiger partial charge in [-0.3, -0.25) is 4.79 Å². The summed E-state index contributed by atoms with van der Waals surface area (Å²) in [7, 11) is -3.82. The summed E-state index contributed by atoms with van der Waals surface area (Å²) in [5, 5.41) is 0.0544. The van der Waals surface area contributed by atoms with Crippen LogP contribution in [0, 0.1) is 11.7 Å². The van der Waals surface area contributed by atoms with Gasteiger partial charge < -0.3 is 14.4 Å². The number of hydrogen-bond donors (Lipinski definition) is 1. The van der Waals surface area contributed by atoms with Crippen molar-refractivity contribution in [1.82, 2.24) is 9.71 Å². The fourth-order valence-electron chi connectivity index (χ4n) is 2.87. The molecular weight excluding hydrogens is 484 g/mol. The smallest absolute Gasteiger partial charge is 0.268 e. The molecule has 1 saturated heterocycles. The highest BCUT2D eigenvalue weighted by Crippen LogP contribution is 2.32. The van der Waals surface area contributed by atoms with Gasteiger partial charge in [0.05, 0.1) is 48.4 Å². The number of hydrogen-bond acceptors (Lipinski definition) is 7. The summed E-state index contributed by atoms with van der Waals surface area (Å²) in [6.45, 7) is 5.37. The normalized spacial score (nSPS) is 14.3. The minimum Gasteiger partial charge on any atom is -0.486 e. The van der Waals surface area contributed by atoms with E-state index in [1.165, 1.54) is 0 Å². The largest absolute Gasteiger partial charge is 0.486 e. The molecule has 0 bridgehead atoms. The average molecular weight is 506 g/mol. The number of pyridine rings is 1. The Morgan fingerprint density at radius 2 is 1.97 bits per heavy atom. The molecule has 0 saturated carbocycles. The van der Waals surface area contributed by atoms with Crippen LogP contribution in [0.1, 0.15) is 24.2 Å². The highest BCUT2D eigenvalue weighted by Gasteiger charge is 2.31. The van der Waals surface area contributed by atoms with Gasteiger partial charge in [0.15, 0.2) is 0 Å². The topological polar surface area (TPSA) is 97.8 Å². The van der Waals surface area contributed by atoms with Crippen LogP contribution in [0.3, 0.4) is 0 Å². The first kappa shape index (κ1) is 24.3. The maximum atomic E-state index is 14.0. The van der Waals surface area contributed by atoms with Crippen LogP contribution < -0.4 is 19.1 Å². The molecule has 1 amide bonds. The predicted molar refractivity (Wildman–Crippen MR) is 120 cm³/mol. The Balaban J connectivity index is 1.68. The standard InChI is InChI=1S/C20H22Cl2FN3O5S/c1-11(2)10-30-20-16(22)4-12(7-24-20)26-8-13(9-26)31-18-6-17(23)15(21)5-14(18)19(27)25-32(3,28)29/h4-7,11,13H,8-10H2,1-3H3,(H,25,27). The Morgan fingerprint density at radius 1 is 1.28 bits per heavy atom. The number of nitrogens with zero attached hydrogens (tertiary/aromatic N) is 2. The molecule has 3 rings (SSSR count). The third kappa shape index (κ3) is 6.14. The molecule has 2 heterocycles. The molecule has 1 aliphatic rings. The van der Waals surface area contributed by atoms with E-state index in [0.29, 0.717) is 36.5 Å².